The third-order valence-corrected chi connectivity index (χ3v) is 5.63. The summed E-state index contributed by atoms with van der Waals surface area (Å²) in [6.07, 6.45) is 3.79. The molecular weight excluding hydrogens is 345 g/mol. The number of amides is 1. The van der Waals surface area contributed by atoms with Gasteiger partial charge in [-0.2, -0.15) is 0 Å². The van der Waals surface area contributed by atoms with E-state index in [-0.39, 0.29) is 29.9 Å². The van der Waals surface area contributed by atoms with Crippen molar-refractivity contribution in [2.24, 2.45) is 5.92 Å². The van der Waals surface area contributed by atoms with Gasteiger partial charge < -0.3 is 9.47 Å². The molecule has 0 aliphatic carbocycles. The van der Waals surface area contributed by atoms with E-state index in [9.17, 15) is 14.0 Å². The van der Waals surface area contributed by atoms with Gasteiger partial charge in [0.1, 0.15) is 12.4 Å². The molecular formula is C21H24FN3O2. The van der Waals surface area contributed by atoms with Gasteiger partial charge in [-0.1, -0.05) is 18.2 Å². The largest absolute Gasteiger partial charge is 0.337 e. The Morgan fingerprint density at radius 2 is 1.85 bits per heavy atom. The van der Waals surface area contributed by atoms with Crippen LogP contribution in [0.2, 0.25) is 0 Å². The first kappa shape index (κ1) is 17.9. The van der Waals surface area contributed by atoms with Crippen molar-refractivity contribution < 1.29 is 9.18 Å². The second-order valence-corrected chi connectivity index (χ2v) is 7.63. The Morgan fingerprint density at radius 3 is 2.63 bits per heavy atom. The van der Waals surface area contributed by atoms with Crippen LogP contribution < -0.4 is 5.56 Å². The number of halogens is 1. The molecule has 0 spiro atoms. The lowest BCUT2D eigenvalue weighted by molar-refractivity contribution is -0.136. The molecule has 6 heteroatoms. The summed E-state index contributed by atoms with van der Waals surface area (Å²) in [5.74, 6) is 0.241. The number of hydrogen-bond acceptors (Lipinski definition) is 3. The minimum absolute atomic E-state index is 0.0154. The molecule has 1 aromatic heterocycles. The first-order valence-corrected chi connectivity index (χ1v) is 9.50. The lowest BCUT2D eigenvalue weighted by Gasteiger charge is -2.36. The number of nitrogens with zero attached hydrogens (tertiary/aromatic N) is 3. The summed E-state index contributed by atoms with van der Waals surface area (Å²) in [6, 6.07) is 11.8. The monoisotopic (exact) mass is 369 g/mol. The zero-order valence-corrected chi connectivity index (χ0v) is 15.3. The second-order valence-electron chi connectivity index (χ2n) is 7.63. The number of carbonyl (C=O) groups is 1. The van der Waals surface area contributed by atoms with Gasteiger partial charge >= 0.3 is 0 Å². The maximum Gasteiger partial charge on any atom is 0.250 e. The van der Waals surface area contributed by atoms with Gasteiger partial charge in [-0.25, -0.2) is 4.39 Å². The molecule has 5 nitrogen and oxygen atoms in total. The van der Waals surface area contributed by atoms with Crippen molar-refractivity contribution in [3.8, 4) is 0 Å². The Bertz CT molecular complexity index is 864. The zero-order valence-electron chi connectivity index (χ0n) is 15.3. The van der Waals surface area contributed by atoms with Gasteiger partial charge in [0, 0.05) is 44.5 Å². The minimum atomic E-state index is -0.220. The normalized spacial score (nSPS) is 22.6. The Labute approximate surface area is 158 Å². The summed E-state index contributed by atoms with van der Waals surface area (Å²) in [4.78, 5) is 29.1. The van der Waals surface area contributed by atoms with E-state index < -0.39 is 0 Å². The topological polar surface area (TPSA) is 45.6 Å². The summed E-state index contributed by atoms with van der Waals surface area (Å²) in [5.41, 5.74) is 0.940. The summed E-state index contributed by atoms with van der Waals surface area (Å²) in [5, 5.41) is 0. The van der Waals surface area contributed by atoms with Crippen LogP contribution >= 0.6 is 0 Å². The molecule has 0 radical (unpaired) electrons. The number of carbonyl (C=O) groups excluding carboxylic acids is 1. The van der Waals surface area contributed by atoms with Crippen LogP contribution in [0.25, 0.3) is 0 Å². The van der Waals surface area contributed by atoms with Gasteiger partial charge in [-0.15, -0.1) is 0 Å². The van der Waals surface area contributed by atoms with E-state index in [4.69, 9.17) is 0 Å². The molecule has 4 heterocycles. The van der Waals surface area contributed by atoms with E-state index in [1.165, 1.54) is 22.8 Å². The summed E-state index contributed by atoms with van der Waals surface area (Å²) in [7, 11) is 0. The molecule has 0 saturated carbocycles. The number of rotatable bonds is 4. The first-order chi connectivity index (χ1) is 13.1. The van der Waals surface area contributed by atoms with Crippen LogP contribution in [0.3, 0.4) is 0 Å². The van der Waals surface area contributed by atoms with Crippen LogP contribution in [-0.2, 0) is 17.9 Å². The molecule has 0 unspecified atom stereocenters. The van der Waals surface area contributed by atoms with Gasteiger partial charge in [0.2, 0.25) is 5.91 Å². The lowest BCUT2D eigenvalue weighted by atomic mass is 9.95. The number of pyridine rings is 1. The predicted octanol–water partition coefficient (Wildman–Crippen LogP) is 2.11. The second kappa shape index (κ2) is 7.64. The number of aromatic nitrogens is 1. The molecule has 1 aromatic carbocycles. The highest BCUT2D eigenvalue weighted by atomic mass is 19.1. The van der Waals surface area contributed by atoms with Gasteiger partial charge in [0.15, 0.2) is 0 Å². The van der Waals surface area contributed by atoms with Crippen LogP contribution in [0.5, 0.6) is 0 Å². The fourth-order valence-corrected chi connectivity index (χ4v) is 4.29. The van der Waals surface area contributed by atoms with E-state index in [1.807, 2.05) is 17.0 Å². The molecule has 142 valence electrons. The van der Waals surface area contributed by atoms with Crippen LogP contribution in [0, 0.1) is 11.7 Å². The quantitative estimate of drug-likeness (QED) is 0.829. The van der Waals surface area contributed by atoms with Crippen molar-refractivity contribution in [3.05, 3.63) is 70.4 Å². The van der Waals surface area contributed by atoms with Crippen molar-refractivity contribution in [2.45, 2.75) is 32.0 Å². The third-order valence-electron chi connectivity index (χ3n) is 5.63. The standard InChI is InChI=1S/C21H24FN3O2/c22-18-7-4-16(5-8-18)11-23-12-17-6-9-19(14-23)25(13-17)21(27)15-24-10-2-1-3-20(24)26/h1-5,7-8,10,17,19H,6,9,11-15H2/t17-,19+/m0/s1. The van der Waals surface area contributed by atoms with Gasteiger partial charge in [0.25, 0.3) is 5.56 Å². The maximum atomic E-state index is 13.1. The van der Waals surface area contributed by atoms with Crippen LogP contribution in [0.15, 0.2) is 53.5 Å². The van der Waals surface area contributed by atoms with E-state index >= 15 is 0 Å². The molecule has 3 saturated heterocycles. The highest BCUT2D eigenvalue weighted by Gasteiger charge is 2.37. The third kappa shape index (κ3) is 4.11. The lowest BCUT2D eigenvalue weighted by Crippen LogP contribution is -2.49. The van der Waals surface area contributed by atoms with Crippen molar-refractivity contribution in [2.75, 3.05) is 19.6 Å². The molecule has 3 fully saturated rings. The van der Waals surface area contributed by atoms with Crippen LogP contribution in [0.4, 0.5) is 4.39 Å². The molecule has 3 aliphatic heterocycles. The highest BCUT2D eigenvalue weighted by Crippen LogP contribution is 2.29. The average molecular weight is 369 g/mol. The number of piperidine rings is 1. The SMILES string of the molecule is O=C(Cn1ccccc1=O)N1C[C@H]2CC[C@@H]1CN(Cc1ccc(F)cc1)C2. The fourth-order valence-electron chi connectivity index (χ4n) is 4.29. The Balaban J connectivity index is 1.44. The van der Waals surface area contributed by atoms with E-state index in [2.05, 4.69) is 4.90 Å². The summed E-state index contributed by atoms with van der Waals surface area (Å²) in [6.45, 7) is 3.39. The van der Waals surface area contributed by atoms with Crippen molar-refractivity contribution in [3.63, 3.8) is 0 Å². The van der Waals surface area contributed by atoms with Crippen LogP contribution in [0.1, 0.15) is 18.4 Å². The fraction of sp³-hybridized carbons (Fsp3) is 0.429. The van der Waals surface area contributed by atoms with E-state index in [0.717, 1.165) is 44.6 Å². The predicted molar refractivity (Wildman–Crippen MR) is 101 cm³/mol. The van der Waals surface area contributed by atoms with Gasteiger partial charge in [-0.05, 0) is 42.5 Å². The van der Waals surface area contributed by atoms with Gasteiger partial charge in [0.05, 0.1) is 0 Å². The molecule has 3 aliphatic rings. The van der Waals surface area contributed by atoms with E-state index in [1.54, 1.807) is 18.3 Å². The van der Waals surface area contributed by atoms with Crippen LogP contribution in [-0.4, -0.2) is 46.0 Å². The minimum Gasteiger partial charge on any atom is -0.337 e. The van der Waals surface area contributed by atoms with Crippen molar-refractivity contribution in [1.82, 2.24) is 14.4 Å². The van der Waals surface area contributed by atoms with Crippen molar-refractivity contribution in [1.29, 1.82) is 0 Å². The maximum absolute atomic E-state index is 13.1. The Hall–Kier alpha value is -2.47. The zero-order chi connectivity index (χ0) is 18.8. The van der Waals surface area contributed by atoms with E-state index in [0.29, 0.717) is 5.92 Å². The molecule has 2 bridgehead atoms. The Kier molecular flexibility index (Phi) is 5.07. The summed E-state index contributed by atoms with van der Waals surface area (Å²) >= 11 is 0. The molecule has 2 atom stereocenters. The molecule has 2 aromatic rings. The molecule has 1 amide bonds. The molecule has 5 rings (SSSR count). The smallest absolute Gasteiger partial charge is 0.250 e. The average Bonchev–Trinajstić information content (AvgIpc) is 2.96. The number of hydrogen-bond donors (Lipinski definition) is 0. The number of benzene rings is 1. The van der Waals surface area contributed by atoms with Crippen molar-refractivity contribution >= 4 is 5.91 Å². The summed E-state index contributed by atoms with van der Waals surface area (Å²) < 4.78 is 14.6. The molecule has 0 N–H and O–H groups in total. The van der Waals surface area contributed by atoms with Gasteiger partial charge in [-0.3, -0.25) is 14.5 Å². The highest BCUT2D eigenvalue weighted by molar-refractivity contribution is 5.76. The first-order valence-electron chi connectivity index (χ1n) is 9.50. The molecule has 27 heavy (non-hydrogen) atoms. The Morgan fingerprint density at radius 1 is 1.04 bits per heavy atom. The number of fused-ring (bicyclic) bond motifs is 4.